The number of esters is 1. The fourth-order valence-electron chi connectivity index (χ4n) is 9.34. The molecule has 67 heavy (non-hydrogen) atoms. The second kappa shape index (κ2) is 56.9. The van der Waals surface area contributed by atoms with Crippen LogP contribution in [0.3, 0.4) is 0 Å². The molecule has 0 radical (unpaired) electrons. The Hall–Kier alpha value is -1.66. The van der Waals surface area contributed by atoms with Crippen molar-refractivity contribution in [2.24, 2.45) is 0 Å². The number of hydrogen-bond donors (Lipinski definition) is 3. The molecule has 1 amide bonds. The first-order valence-electron chi connectivity index (χ1n) is 30.1. The number of allylic oxidation sites excluding steroid dienone is 3. The Balaban J connectivity index is 3.49. The molecule has 0 aliphatic heterocycles. The van der Waals surface area contributed by atoms with Crippen LogP contribution in [0.4, 0.5) is 0 Å². The van der Waals surface area contributed by atoms with E-state index in [9.17, 15) is 19.8 Å². The lowest BCUT2D eigenvalue weighted by molar-refractivity contribution is -0.143. The van der Waals surface area contributed by atoms with Gasteiger partial charge in [0.1, 0.15) is 0 Å². The van der Waals surface area contributed by atoms with Gasteiger partial charge in [-0.15, -0.1) is 0 Å². The van der Waals surface area contributed by atoms with Crippen LogP contribution in [0.5, 0.6) is 0 Å². The Morgan fingerprint density at radius 3 is 1.06 bits per heavy atom. The summed E-state index contributed by atoms with van der Waals surface area (Å²) in [5.74, 6) is -0.119. The van der Waals surface area contributed by atoms with Gasteiger partial charge in [0.2, 0.25) is 5.91 Å². The summed E-state index contributed by atoms with van der Waals surface area (Å²) in [6.07, 6.45) is 69.2. The first-order chi connectivity index (χ1) is 33.0. The zero-order valence-electron chi connectivity index (χ0n) is 45.1. The van der Waals surface area contributed by atoms with E-state index in [-0.39, 0.29) is 18.5 Å². The Kier molecular flexibility index (Phi) is 55.5. The summed E-state index contributed by atoms with van der Waals surface area (Å²) in [5.41, 5.74) is 0. The van der Waals surface area contributed by atoms with Crippen molar-refractivity contribution < 1.29 is 24.5 Å². The van der Waals surface area contributed by atoms with E-state index in [1.54, 1.807) is 6.08 Å². The molecule has 2 unspecified atom stereocenters. The zero-order chi connectivity index (χ0) is 48.6. The smallest absolute Gasteiger partial charge is 0.305 e. The summed E-state index contributed by atoms with van der Waals surface area (Å²) >= 11 is 0. The van der Waals surface area contributed by atoms with Crippen molar-refractivity contribution in [3.05, 3.63) is 24.3 Å². The standard InChI is InChI=1S/C61H117NO5/c1-3-5-7-9-11-13-15-17-19-21-23-24-25-27-28-30-32-34-37-41-45-49-53-59(64)58(57-63)62-60(65)54-50-46-42-38-36-40-44-48-52-56-67-61(66)55-51-47-43-39-35-33-31-29-26-22-20-18-16-14-12-10-8-6-4-2/h18,20,49,53,58-59,63-64H,3-17,19,21-48,50-52,54-57H2,1-2H3,(H,62,65)/b20-18-,53-49+. The zero-order valence-corrected chi connectivity index (χ0v) is 45.1. The summed E-state index contributed by atoms with van der Waals surface area (Å²) in [4.78, 5) is 24.6. The highest BCUT2D eigenvalue weighted by Crippen LogP contribution is 2.17. The molecule has 3 N–H and O–H groups in total. The van der Waals surface area contributed by atoms with E-state index in [2.05, 4.69) is 31.3 Å². The molecule has 0 aromatic heterocycles. The topological polar surface area (TPSA) is 95.9 Å². The molecule has 6 nitrogen and oxygen atoms in total. The molecule has 396 valence electrons. The van der Waals surface area contributed by atoms with Gasteiger partial charge in [0.05, 0.1) is 25.4 Å². The average molecular weight is 945 g/mol. The maximum Gasteiger partial charge on any atom is 0.305 e. The fourth-order valence-corrected chi connectivity index (χ4v) is 9.34. The van der Waals surface area contributed by atoms with Crippen LogP contribution in [0.2, 0.25) is 0 Å². The molecule has 2 atom stereocenters. The second-order valence-electron chi connectivity index (χ2n) is 20.7. The second-order valence-corrected chi connectivity index (χ2v) is 20.7. The first kappa shape index (κ1) is 65.3. The SMILES string of the molecule is CCCCCCCC/C=C\CCCCCCCCCCCC(=O)OCCCCCCCCCCCC(=O)NC(CO)C(O)/C=C/CCCCCCCCCCCCCCCCCCCCCC. The molecule has 0 aromatic carbocycles. The summed E-state index contributed by atoms with van der Waals surface area (Å²) < 4.78 is 5.47. The van der Waals surface area contributed by atoms with Gasteiger partial charge in [0.25, 0.3) is 0 Å². The molecule has 0 aliphatic rings. The van der Waals surface area contributed by atoms with Crippen molar-refractivity contribution in [2.45, 2.75) is 341 Å². The number of aliphatic hydroxyl groups excluding tert-OH is 2. The Morgan fingerprint density at radius 1 is 0.403 bits per heavy atom. The van der Waals surface area contributed by atoms with Crippen LogP contribution in [0, 0.1) is 0 Å². The van der Waals surface area contributed by atoms with Gasteiger partial charge in [-0.25, -0.2) is 0 Å². The van der Waals surface area contributed by atoms with Crippen molar-refractivity contribution in [1.29, 1.82) is 0 Å². The largest absolute Gasteiger partial charge is 0.466 e. The van der Waals surface area contributed by atoms with Crippen molar-refractivity contribution in [3.63, 3.8) is 0 Å². The minimum atomic E-state index is -0.863. The van der Waals surface area contributed by atoms with Gasteiger partial charge in [-0.05, 0) is 57.8 Å². The number of carbonyl (C=O) groups is 2. The Bertz CT molecular complexity index is 1040. The quantitative estimate of drug-likeness (QED) is 0.0321. The van der Waals surface area contributed by atoms with Crippen LogP contribution in [-0.2, 0) is 14.3 Å². The maximum atomic E-state index is 12.5. The lowest BCUT2D eigenvalue weighted by Gasteiger charge is -2.20. The van der Waals surface area contributed by atoms with Gasteiger partial charge in [-0.2, -0.15) is 0 Å². The van der Waals surface area contributed by atoms with Crippen LogP contribution in [0.25, 0.3) is 0 Å². The normalized spacial score (nSPS) is 12.7. The van der Waals surface area contributed by atoms with Gasteiger partial charge in [0.15, 0.2) is 0 Å². The predicted molar refractivity (Wildman–Crippen MR) is 292 cm³/mol. The van der Waals surface area contributed by atoms with Crippen molar-refractivity contribution in [2.75, 3.05) is 13.2 Å². The molecule has 0 saturated carbocycles. The predicted octanol–water partition coefficient (Wildman–Crippen LogP) is 18.6. The number of rotatable bonds is 56. The Morgan fingerprint density at radius 2 is 0.701 bits per heavy atom. The third kappa shape index (κ3) is 53.5. The minimum Gasteiger partial charge on any atom is -0.466 e. The minimum absolute atomic E-state index is 0.0268. The number of aliphatic hydroxyl groups is 2. The number of amides is 1. The van der Waals surface area contributed by atoms with Crippen LogP contribution in [0.15, 0.2) is 24.3 Å². The van der Waals surface area contributed by atoms with Gasteiger partial charge in [-0.3, -0.25) is 9.59 Å². The van der Waals surface area contributed by atoms with E-state index in [4.69, 9.17) is 4.74 Å². The number of hydrogen-bond acceptors (Lipinski definition) is 5. The summed E-state index contributed by atoms with van der Waals surface area (Å²) in [7, 11) is 0. The van der Waals surface area contributed by atoms with Crippen LogP contribution < -0.4 is 5.32 Å². The highest BCUT2D eigenvalue weighted by molar-refractivity contribution is 5.76. The van der Waals surface area contributed by atoms with Crippen molar-refractivity contribution >= 4 is 11.9 Å². The highest BCUT2D eigenvalue weighted by Gasteiger charge is 2.18. The van der Waals surface area contributed by atoms with Crippen molar-refractivity contribution in [3.8, 4) is 0 Å². The molecule has 0 heterocycles. The molecule has 6 heteroatoms. The third-order valence-corrected chi connectivity index (χ3v) is 14.0. The molecule has 0 aromatic rings. The molecule has 0 bridgehead atoms. The van der Waals surface area contributed by atoms with E-state index >= 15 is 0 Å². The van der Waals surface area contributed by atoms with E-state index in [1.807, 2.05) is 6.08 Å². The molecule has 0 rings (SSSR count). The fraction of sp³-hybridized carbons (Fsp3) is 0.902. The molecule has 0 fully saturated rings. The van der Waals surface area contributed by atoms with E-state index < -0.39 is 12.1 Å². The van der Waals surface area contributed by atoms with E-state index in [0.29, 0.717) is 19.4 Å². The van der Waals surface area contributed by atoms with E-state index in [0.717, 1.165) is 57.8 Å². The maximum absolute atomic E-state index is 12.5. The van der Waals surface area contributed by atoms with E-state index in [1.165, 1.54) is 244 Å². The Labute approximate surface area is 418 Å². The first-order valence-corrected chi connectivity index (χ1v) is 30.1. The highest BCUT2D eigenvalue weighted by atomic mass is 16.5. The van der Waals surface area contributed by atoms with Crippen LogP contribution >= 0.6 is 0 Å². The molecule has 0 spiro atoms. The van der Waals surface area contributed by atoms with Crippen molar-refractivity contribution in [1.82, 2.24) is 5.32 Å². The molecular formula is C61H117NO5. The van der Waals surface area contributed by atoms with Crippen LogP contribution in [0.1, 0.15) is 328 Å². The molecular weight excluding hydrogens is 827 g/mol. The van der Waals surface area contributed by atoms with Gasteiger partial charge < -0.3 is 20.3 Å². The summed E-state index contributed by atoms with van der Waals surface area (Å²) in [6.45, 7) is 4.86. The number of unbranched alkanes of at least 4 members (excludes halogenated alkanes) is 43. The van der Waals surface area contributed by atoms with Gasteiger partial charge in [0, 0.05) is 12.8 Å². The lowest BCUT2D eigenvalue weighted by atomic mass is 10.0. The molecule has 0 aliphatic carbocycles. The summed E-state index contributed by atoms with van der Waals surface area (Å²) in [6, 6.07) is -0.649. The monoisotopic (exact) mass is 944 g/mol. The van der Waals surface area contributed by atoms with Gasteiger partial charge in [-0.1, -0.05) is 282 Å². The third-order valence-electron chi connectivity index (χ3n) is 14.0. The number of nitrogens with one attached hydrogen (secondary N) is 1. The number of ether oxygens (including phenoxy) is 1. The molecule has 0 saturated heterocycles. The number of carbonyl (C=O) groups excluding carboxylic acids is 2. The lowest BCUT2D eigenvalue weighted by Crippen LogP contribution is -2.45. The summed E-state index contributed by atoms with van der Waals surface area (Å²) in [5, 5.41) is 23.2. The van der Waals surface area contributed by atoms with Gasteiger partial charge >= 0.3 is 5.97 Å². The van der Waals surface area contributed by atoms with Crippen LogP contribution in [-0.4, -0.2) is 47.4 Å². The average Bonchev–Trinajstić information content (AvgIpc) is 3.33.